The Morgan fingerprint density at radius 2 is 1.90 bits per heavy atom. The number of nitrogens with one attached hydrogen (secondary N) is 1. The van der Waals surface area contributed by atoms with E-state index >= 15 is 0 Å². The van der Waals surface area contributed by atoms with Gasteiger partial charge in [0.15, 0.2) is 0 Å². The number of nitrogens with zero attached hydrogens (tertiary/aromatic N) is 4. The zero-order chi connectivity index (χ0) is 21.6. The Kier molecular flexibility index (Phi) is 5.98. The predicted octanol–water partition coefficient (Wildman–Crippen LogP) is 4.37. The van der Waals surface area contributed by atoms with Gasteiger partial charge in [-0.1, -0.05) is 42.5 Å². The summed E-state index contributed by atoms with van der Waals surface area (Å²) in [6, 6.07) is 19.8. The summed E-state index contributed by atoms with van der Waals surface area (Å²) in [5.41, 5.74) is 9.25. The Balaban J connectivity index is 1.62. The molecule has 0 saturated carbocycles. The van der Waals surface area contributed by atoms with Gasteiger partial charge in [-0.3, -0.25) is 14.5 Å². The Labute approximate surface area is 181 Å². The van der Waals surface area contributed by atoms with E-state index in [1.54, 1.807) is 24.5 Å². The minimum absolute atomic E-state index is 0.311. The van der Waals surface area contributed by atoms with Crippen LogP contribution in [0.1, 0.15) is 32.6 Å². The van der Waals surface area contributed by atoms with Gasteiger partial charge in [0.25, 0.3) is 5.91 Å². The van der Waals surface area contributed by atoms with Crippen LogP contribution in [0.2, 0.25) is 0 Å². The van der Waals surface area contributed by atoms with Crippen LogP contribution in [0.25, 0.3) is 11.3 Å². The molecule has 0 atom stereocenters. The maximum atomic E-state index is 12.2. The SMILES string of the molecule is Cc1ccc(-c2nn(Cc3ccccc3)cc2/C=N\NC(=O)c2cccnc2)cc1C. The first-order valence-corrected chi connectivity index (χ1v) is 10.0. The lowest BCUT2D eigenvalue weighted by atomic mass is 10.0. The van der Waals surface area contributed by atoms with Crippen molar-refractivity contribution in [2.24, 2.45) is 5.10 Å². The highest BCUT2D eigenvalue weighted by atomic mass is 16.2. The lowest BCUT2D eigenvalue weighted by molar-refractivity contribution is 0.0955. The van der Waals surface area contributed by atoms with Crippen LogP contribution in [0.5, 0.6) is 0 Å². The molecule has 0 unspecified atom stereocenters. The van der Waals surface area contributed by atoms with Crippen LogP contribution in [0.15, 0.2) is 84.4 Å². The van der Waals surface area contributed by atoms with E-state index in [0.717, 1.165) is 22.4 Å². The van der Waals surface area contributed by atoms with E-state index in [4.69, 9.17) is 5.10 Å². The smallest absolute Gasteiger partial charge is 0.267 e. The summed E-state index contributed by atoms with van der Waals surface area (Å²) < 4.78 is 1.89. The molecule has 0 radical (unpaired) electrons. The number of hydrazone groups is 1. The van der Waals surface area contributed by atoms with Gasteiger partial charge in [-0.05, 0) is 48.7 Å². The molecule has 0 spiro atoms. The molecular weight excluding hydrogens is 386 g/mol. The Morgan fingerprint density at radius 3 is 2.65 bits per heavy atom. The van der Waals surface area contributed by atoms with Crippen molar-refractivity contribution in [3.63, 3.8) is 0 Å². The molecule has 2 heterocycles. The number of pyridine rings is 1. The molecule has 1 N–H and O–H groups in total. The van der Waals surface area contributed by atoms with E-state index in [9.17, 15) is 4.79 Å². The second-order valence-corrected chi connectivity index (χ2v) is 7.36. The third-order valence-corrected chi connectivity index (χ3v) is 5.05. The topological polar surface area (TPSA) is 72.2 Å². The minimum atomic E-state index is -0.311. The summed E-state index contributed by atoms with van der Waals surface area (Å²) in [4.78, 5) is 16.2. The normalized spacial score (nSPS) is 11.0. The van der Waals surface area contributed by atoms with Crippen LogP contribution in [0.4, 0.5) is 0 Å². The van der Waals surface area contributed by atoms with E-state index in [2.05, 4.69) is 59.7 Å². The predicted molar refractivity (Wildman–Crippen MR) is 122 cm³/mol. The van der Waals surface area contributed by atoms with E-state index in [-0.39, 0.29) is 5.91 Å². The van der Waals surface area contributed by atoms with Gasteiger partial charge in [-0.25, -0.2) is 5.43 Å². The fraction of sp³-hybridized carbons (Fsp3) is 0.120. The zero-order valence-corrected chi connectivity index (χ0v) is 17.5. The molecule has 6 heteroatoms. The van der Waals surface area contributed by atoms with Crippen molar-refractivity contribution in [3.05, 3.63) is 107 Å². The maximum Gasteiger partial charge on any atom is 0.272 e. The molecule has 0 bridgehead atoms. The molecule has 0 fully saturated rings. The quantitative estimate of drug-likeness (QED) is 0.380. The van der Waals surface area contributed by atoms with Crippen molar-refractivity contribution in [3.8, 4) is 11.3 Å². The van der Waals surface area contributed by atoms with Crippen LogP contribution in [-0.2, 0) is 6.54 Å². The molecule has 2 aromatic heterocycles. The minimum Gasteiger partial charge on any atom is -0.267 e. The molecule has 6 nitrogen and oxygen atoms in total. The first-order chi connectivity index (χ1) is 15.1. The van der Waals surface area contributed by atoms with Gasteiger partial charge < -0.3 is 0 Å². The summed E-state index contributed by atoms with van der Waals surface area (Å²) in [7, 11) is 0. The Bertz CT molecular complexity index is 1210. The first kappa shape index (κ1) is 20.2. The highest BCUT2D eigenvalue weighted by molar-refractivity contribution is 5.95. The lowest BCUT2D eigenvalue weighted by Crippen LogP contribution is -2.17. The summed E-state index contributed by atoms with van der Waals surface area (Å²) in [5, 5.41) is 8.96. The molecular formula is C25H23N5O. The van der Waals surface area contributed by atoms with Gasteiger partial charge >= 0.3 is 0 Å². The second kappa shape index (κ2) is 9.17. The van der Waals surface area contributed by atoms with Gasteiger partial charge in [0.2, 0.25) is 0 Å². The van der Waals surface area contributed by atoms with Crippen LogP contribution >= 0.6 is 0 Å². The number of carbonyl (C=O) groups is 1. The highest BCUT2D eigenvalue weighted by Crippen LogP contribution is 2.24. The van der Waals surface area contributed by atoms with Gasteiger partial charge in [0.1, 0.15) is 5.69 Å². The second-order valence-electron chi connectivity index (χ2n) is 7.36. The van der Waals surface area contributed by atoms with Crippen LogP contribution in [-0.4, -0.2) is 26.9 Å². The van der Waals surface area contributed by atoms with Gasteiger partial charge in [0.05, 0.1) is 18.3 Å². The average Bonchev–Trinajstić information content (AvgIpc) is 3.19. The van der Waals surface area contributed by atoms with Crippen molar-refractivity contribution in [1.82, 2.24) is 20.2 Å². The average molecular weight is 409 g/mol. The number of aryl methyl sites for hydroxylation is 2. The molecule has 4 rings (SSSR count). The van der Waals surface area contributed by atoms with Crippen LogP contribution in [0, 0.1) is 13.8 Å². The summed E-state index contributed by atoms with van der Waals surface area (Å²) >= 11 is 0. The lowest BCUT2D eigenvalue weighted by Gasteiger charge is -2.04. The van der Waals surface area contributed by atoms with Crippen LogP contribution in [0.3, 0.4) is 0 Å². The van der Waals surface area contributed by atoms with Crippen molar-refractivity contribution in [1.29, 1.82) is 0 Å². The number of carbonyl (C=O) groups excluding carboxylic acids is 1. The third kappa shape index (κ3) is 4.93. The van der Waals surface area contributed by atoms with Crippen molar-refractivity contribution in [2.75, 3.05) is 0 Å². The Morgan fingerprint density at radius 1 is 1.06 bits per heavy atom. The molecule has 31 heavy (non-hydrogen) atoms. The molecule has 1 amide bonds. The number of amides is 1. The summed E-state index contributed by atoms with van der Waals surface area (Å²) in [6.45, 7) is 4.82. The first-order valence-electron chi connectivity index (χ1n) is 10.0. The maximum absolute atomic E-state index is 12.2. The van der Waals surface area contributed by atoms with Crippen LogP contribution < -0.4 is 5.43 Å². The summed E-state index contributed by atoms with van der Waals surface area (Å²) in [5.74, 6) is -0.311. The third-order valence-electron chi connectivity index (χ3n) is 5.05. The van der Waals surface area contributed by atoms with Crippen molar-refractivity contribution < 1.29 is 4.79 Å². The number of hydrogen-bond acceptors (Lipinski definition) is 4. The van der Waals surface area contributed by atoms with Crippen molar-refractivity contribution >= 4 is 12.1 Å². The number of rotatable bonds is 6. The van der Waals surface area contributed by atoms with Gasteiger partial charge in [-0.15, -0.1) is 0 Å². The zero-order valence-electron chi connectivity index (χ0n) is 17.5. The molecule has 4 aromatic rings. The number of benzene rings is 2. The van der Waals surface area contributed by atoms with Gasteiger partial charge in [0, 0.05) is 29.7 Å². The summed E-state index contributed by atoms with van der Waals surface area (Å²) in [6.07, 6.45) is 6.70. The molecule has 154 valence electrons. The fourth-order valence-corrected chi connectivity index (χ4v) is 3.22. The molecule has 0 saturated heterocycles. The molecule has 2 aromatic carbocycles. The molecule has 0 aliphatic rings. The van der Waals surface area contributed by atoms with E-state index in [1.807, 2.05) is 29.1 Å². The highest BCUT2D eigenvalue weighted by Gasteiger charge is 2.12. The van der Waals surface area contributed by atoms with E-state index in [1.165, 1.54) is 17.3 Å². The molecule has 0 aliphatic heterocycles. The monoisotopic (exact) mass is 409 g/mol. The fourth-order valence-electron chi connectivity index (χ4n) is 3.22. The van der Waals surface area contributed by atoms with Crippen molar-refractivity contribution in [2.45, 2.75) is 20.4 Å². The number of hydrogen-bond donors (Lipinski definition) is 1. The molecule has 0 aliphatic carbocycles. The number of aromatic nitrogens is 3. The van der Waals surface area contributed by atoms with Gasteiger partial charge in [-0.2, -0.15) is 10.2 Å². The standard InChI is InChI=1S/C25H23N5O/c1-18-10-11-21(13-19(18)2)24-23(15-27-28-25(31)22-9-6-12-26-14-22)17-30(29-24)16-20-7-4-3-5-8-20/h3-15,17H,16H2,1-2H3,(H,28,31)/b27-15-. The Hall–Kier alpha value is -4.06. The van der Waals surface area contributed by atoms with E-state index < -0.39 is 0 Å². The largest absolute Gasteiger partial charge is 0.272 e. The van der Waals surface area contributed by atoms with E-state index in [0.29, 0.717) is 12.1 Å².